The maximum Gasteiger partial charge on any atom is 0.261 e. The van der Waals surface area contributed by atoms with E-state index in [2.05, 4.69) is 6.92 Å². The molecule has 3 rings (SSSR count). The summed E-state index contributed by atoms with van der Waals surface area (Å²) in [5.74, 6) is 2.92. The number of para-hydroxylation sites is 2. The molecule has 25 heavy (non-hydrogen) atoms. The molecule has 5 nitrogen and oxygen atoms in total. The zero-order valence-corrected chi connectivity index (χ0v) is 14.9. The van der Waals surface area contributed by atoms with E-state index >= 15 is 0 Å². The molecule has 0 N–H and O–H groups in total. The lowest BCUT2D eigenvalue weighted by molar-refractivity contribution is -0.134. The van der Waals surface area contributed by atoms with E-state index in [1.807, 2.05) is 48.2 Å². The van der Waals surface area contributed by atoms with Gasteiger partial charge in [0.05, 0.1) is 13.2 Å². The Balaban J connectivity index is 1.60. The summed E-state index contributed by atoms with van der Waals surface area (Å²) in [6.07, 6.45) is 3.01. The van der Waals surface area contributed by atoms with Crippen LogP contribution in [0.5, 0.6) is 11.5 Å². The molecule has 134 valence electrons. The van der Waals surface area contributed by atoms with Gasteiger partial charge in [-0.05, 0) is 50.5 Å². The smallest absolute Gasteiger partial charge is 0.261 e. The Morgan fingerprint density at radius 1 is 1.16 bits per heavy atom. The van der Waals surface area contributed by atoms with Gasteiger partial charge in [-0.15, -0.1) is 0 Å². The van der Waals surface area contributed by atoms with Crippen molar-refractivity contribution in [2.24, 2.45) is 0 Å². The first kappa shape index (κ1) is 17.4. The number of furan rings is 1. The van der Waals surface area contributed by atoms with E-state index in [0.717, 1.165) is 30.8 Å². The van der Waals surface area contributed by atoms with Gasteiger partial charge in [0.25, 0.3) is 5.91 Å². The number of amides is 1. The molecule has 0 saturated heterocycles. The standard InChI is InChI=1S/C20H25NO4/c1-3-12-23-18-6-4-5-7-19(18)24-14-20(22)21(16-9-10-16)13-17-11-8-15(2)25-17/h4-8,11,16H,3,9-10,12-14H2,1-2H3. The number of hydrogen-bond acceptors (Lipinski definition) is 4. The van der Waals surface area contributed by atoms with E-state index in [-0.39, 0.29) is 12.5 Å². The minimum Gasteiger partial charge on any atom is -0.490 e. The Bertz CT molecular complexity index is 705. The average molecular weight is 343 g/mol. The lowest BCUT2D eigenvalue weighted by Crippen LogP contribution is -2.36. The predicted molar refractivity (Wildman–Crippen MR) is 94.7 cm³/mol. The van der Waals surface area contributed by atoms with Gasteiger partial charge in [-0.25, -0.2) is 0 Å². The molecule has 0 radical (unpaired) electrons. The molecule has 1 heterocycles. The van der Waals surface area contributed by atoms with Gasteiger partial charge >= 0.3 is 0 Å². The van der Waals surface area contributed by atoms with Crippen LogP contribution in [0.3, 0.4) is 0 Å². The molecule has 1 aromatic heterocycles. The normalized spacial score (nSPS) is 13.5. The highest BCUT2D eigenvalue weighted by Crippen LogP contribution is 2.30. The fourth-order valence-corrected chi connectivity index (χ4v) is 2.67. The van der Waals surface area contributed by atoms with Crippen LogP contribution in [0.4, 0.5) is 0 Å². The van der Waals surface area contributed by atoms with Gasteiger partial charge in [0, 0.05) is 6.04 Å². The maximum atomic E-state index is 12.7. The third-order valence-electron chi connectivity index (χ3n) is 4.09. The van der Waals surface area contributed by atoms with Gasteiger partial charge in [-0.3, -0.25) is 4.79 Å². The summed E-state index contributed by atoms with van der Waals surface area (Å²) in [7, 11) is 0. The molecule has 2 aromatic rings. The van der Waals surface area contributed by atoms with Crippen LogP contribution >= 0.6 is 0 Å². The Morgan fingerprint density at radius 2 is 1.88 bits per heavy atom. The molecule has 1 fully saturated rings. The van der Waals surface area contributed by atoms with Crippen molar-refractivity contribution >= 4 is 5.91 Å². The summed E-state index contributed by atoms with van der Waals surface area (Å²) in [5.41, 5.74) is 0. The van der Waals surface area contributed by atoms with Crippen molar-refractivity contribution in [3.63, 3.8) is 0 Å². The second-order valence-electron chi connectivity index (χ2n) is 6.35. The molecule has 1 aliphatic rings. The van der Waals surface area contributed by atoms with Gasteiger partial charge in [-0.1, -0.05) is 19.1 Å². The second-order valence-corrected chi connectivity index (χ2v) is 6.35. The van der Waals surface area contributed by atoms with E-state index in [4.69, 9.17) is 13.9 Å². The highest BCUT2D eigenvalue weighted by molar-refractivity contribution is 5.78. The topological polar surface area (TPSA) is 51.9 Å². The highest BCUT2D eigenvalue weighted by Gasteiger charge is 2.33. The number of carbonyl (C=O) groups excluding carboxylic acids is 1. The van der Waals surface area contributed by atoms with Crippen LogP contribution in [0.2, 0.25) is 0 Å². The van der Waals surface area contributed by atoms with Crippen molar-refractivity contribution in [2.45, 2.75) is 45.7 Å². The van der Waals surface area contributed by atoms with Crippen LogP contribution in [-0.4, -0.2) is 30.1 Å². The first-order valence-electron chi connectivity index (χ1n) is 8.86. The third kappa shape index (κ3) is 4.78. The van der Waals surface area contributed by atoms with Crippen LogP contribution in [0.25, 0.3) is 0 Å². The molecule has 1 aliphatic carbocycles. The van der Waals surface area contributed by atoms with Crippen LogP contribution in [0.1, 0.15) is 37.7 Å². The predicted octanol–water partition coefficient (Wildman–Crippen LogP) is 3.95. The molecule has 1 saturated carbocycles. The summed E-state index contributed by atoms with van der Waals surface area (Å²) in [6.45, 7) is 5.08. The highest BCUT2D eigenvalue weighted by atomic mass is 16.5. The van der Waals surface area contributed by atoms with E-state index < -0.39 is 0 Å². The average Bonchev–Trinajstić information content (AvgIpc) is 3.38. The van der Waals surface area contributed by atoms with Crippen LogP contribution in [0, 0.1) is 6.92 Å². The van der Waals surface area contributed by atoms with E-state index in [9.17, 15) is 4.79 Å². The monoisotopic (exact) mass is 343 g/mol. The molecule has 0 atom stereocenters. The minimum absolute atomic E-state index is 0.00267. The van der Waals surface area contributed by atoms with Gasteiger partial charge in [0.1, 0.15) is 11.5 Å². The second kappa shape index (κ2) is 8.10. The summed E-state index contributed by atoms with van der Waals surface area (Å²) >= 11 is 0. The molecule has 0 spiro atoms. The van der Waals surface area contributed by atoms with Crippen molar-refractivity contribution in [3.05, 3.63) is 47.9 Å². The van der Waals surface area contributed by atoms with Crippen molar-refractivity contribution < 1.29 is 18.7 Å². The first-order chi connectivity index (χ1) is 12.2. The van der Waals surface area contributed by atoms with E-state index in [0.29, 0.717) is 30.7 Å². The first-order valence-corrected chi connectivity index (χ1v) is 8.86. The van der Waals surface area contributed by atoms with Crippen LogP contribution in [-0.2, 0) is 11.3 Å². The summed E-state index contributed by atoms with van der Waals surface area (Å²) in [5, 5.41) is 0. The number of hydrogen-bond donors (Lipinski definition) is 0. The van der Waals surface area contributed by atoms with E-state index in [1.165, 1.54) is 0 Å². The maximum absolute atomic E-state index is 12.7. The molecular weight excluding hydrogens is 318 g/mol. The van der Waals surface area contributed by atoms with Crippen molar-refractivity contribution in [3.8, 4) is 11.5 Å². The van der Waals surface area contributed by atoms with Crippen molar-refractivity contribution in [1.82, 2.24) is 4.90 Å². The summed E-state index contributed by atoms with van der Waals surface area (Å²) < 4.78 is 17.0. The van der Waals surface area contributed by atoms with Crippen LogP contribution in [0.15, 0.2) is 40.8 Å². The Labute approximate surface area is 148 Å². The fourth-order valence-electron chi connectivity index (χ4n) is 2.67. The lowest BCUT2D eigenvalue weighted by atomic mass is 10.3. The number of ether oxygens (including phenoxy) is 2. The fraction of sp³-hybridized carbons (Fsp3) is 0.450. The number of carbonyl (C=O) groups is 1. The molecule has 1 amide bonds. The largest absolute Gasteiger partial charge is 0.490 e. The van der Waals surface area contributed by atoms with Gasteiger partial charge < -0.3 is 18.8 Å². The minimum atomic E-state index is -0.0261. The molecule has 0 unspecified atom stereocenters. The Kier molecular flexibility index (Phi) is 5.64. The molecule has 0 aliphatic heterocycles. The summed E-state index contributed by atoms with van der Waals surface area (Å²) in [6, 6.07) is 11.6. The zero-order valence-electron chi connectivity index (χ0n) is 14.9. The zero-order chi connectivity index (χ0) is 17.6. The third-order valence-corrected chi connectivity index (χ3v) is 4.09. The summed E-state index contributed by atoms with van der Waals surface area (Å²) in [4.78, 5) is 14.5. The molecule has 0 bridgehead atoms. The number of rotatable bonds is 9. The van der Waals surface area contributed by atoms with Gasteiger partial charge in [0.2, 0.25) is 0 Å². The molecular formula is C20H25NO4. The number of benzene rings is 1. The number of nitrogens with zero attached hydrogens (tertiary/aromatic N) is 1. The molecule has 1 aromatic carbocycles. The van der Waals surface area contributed by atoms with Crippen molar-refractivity contribution in [2.75, 3.05) is 13.2 Å². The molecule has 5 heteroatoms. The quantitative estimate of drug-likeness (QED) is 0.692. The Hall–Kier alpha value is -2.43. The van der Waals surface area contributed by atoms with Gasteiger partial charge in [0.15, 0.2) is 18.1 Å². The van der Waals surface area contributed by atoms with E-state index in [1.54, 1.807) is 0 Å². The Morgan fingerprint density at radius 3 is 2.48 bits per heavy atom. The van der Waals surface area contributed by atoms with Gasteiger partial charge in [-0.2, -0.15) is 0 Å². The van der Waals surface area contributed by atoms with Crippen molar-refractivity contribution in [1.29, 1.82) is 0 Å². The number of aryl methyl sites for hydroxylation is 1. The SMILES string of the molecule is CCCOc1ccccc1OCC(=O)N(Cc1ccc(C)o1)C1CC1. The van der Waals surface area contributed by atoms with Crippen LogP contribution < -0.4 is 9.47 Å². The lowest BCUT2D eigenvalue weighted by Gasteiger charge is -2.22.